The molecule has 0 radical (unpaired) electrons. The van der Waals surface area contributed by atoms with Gasteiger partial charge in [-0.3, -0.25) is 0 Å². The molecule has 0 saturated heterocycles. The molecule has 0 spiro atoms. The van der Waals surface area contributed by atoms with Gasteiger partial charge in [0.05, 0.1) is 6.21 Å². The second kappa shape index (κ2) is 6.49. The van der Waals surface area contributed by atoms with Crippen molar-refractivity contribution in [2.75, 3.05) is 0 Å². The fourth-order valence-electron chi connectivity index (χ4n) is 1.38. The van der Waals surface area contributed by atoms with Crippen molar-refractivity contribution >= 4 is 52.6 Å². The molecule has 0 N–H and O–H groups in total. The van der Waals surface area contributed by atoms with E-state index in [-0.39, 0.29) is 0 Å². The molecule has 0 bridgehead atoms. The number of rotatable bonds is 3. The van der Waals surface area contributed by atoms with Crippen LogP contribution in [-0.2, 0) is 0 Å². The maximum absolute atomic E-state index is 5.87. The number of hydrogen-bond acceptors (Lipinski definition) is 2. The van der Waals surface area contributed by atoms with E-state index in [9.17, 15) is 0 Å². The number of halogens is 4. The van der Waals surface area contributed by atoms with Gasteiger partial charge < -0.3 is 4.84 Å². The quantitative estimate of drug-likeness (QED) is 0.520. The summed E-state index contributed by atoms with van der Waals surface area (Å²) >= 11 is 23.4. The molecule has 0 aromatic heterocycles. The molecule has 2 nitrogen and oxygen atoms in total. The summed E-state index contributed by atoms with van der Waals surface area (Å²) in [6.07, 6.45) is 1.49. The average molecular weight is 335 g/mol. The van der Waals surface area contributed by atoms with E-state index in [4.69, 9.17) is 51.2 Å². The van der Waals surface area contributed by atoms with E-state index in [1.807, 2.05) is 0 Å². The molecular weight excluding hydrogens is 328 g/mol. The Morgan fingerprint density at radius 2 is 1.21 bits per heavy atom. The maximum atomic E-state index is 5.87. The van der Waals surface area contributed by atoms with Crippen LogP contribution >= 0.6 is 46.4 Å². The van der Waals surface area contributed by atoms with Crippen LogP contribution in [0, 0.1) is 0 Å². The third kappa shape index (κ3) is 4.59. The lowest BCUT2D eigenvalue weighted by molar-refractivity contribution is 0.344. The molecule has 0 unspecified atom stereocenters. The van der Waals surface area contributed by atoms with Gasteiger partial charge in [-0.05, 0) is 29.8 Å². The van der Waals surface area contributed by atoms with Crippen LogP contribution in [0.25, 0.3) is 0 Å². The molecule has 0 fully saturated rings. The molecule has 0 aliphatic heterocycles. The van der Waals surface area contributed by atoms with Crippen molar-refractivity contribution in [3.63, 3.8) is 0 Å². The molecule has 19 heavy (non-hydrogen) atoms. The Balaban J connectivity index is 2.11. The fourth-order valence-corrected chi connectivity index (χ4v) is 2.43. The van der Waals surface area contributed by atoms with E-state index in [1.54, 1.807) is 36.4 Å². The average Bonchev–Trinajstić information content (AvgIpc) is 2.26. The Morgan fingerprint density at radius 3 is 1.74 bits per heavy atom. The first kappa shape index (κ1) is 14.5. The lowest BCUT2D eigenvalue weighted by Gasteiger charge is -2.00. The highest BCUT2D eigenvalue weighted by molar-refractivity contribution is 6.35. The van der Waals surface area contributed by atoms with Crippen molar-refractivity contribution in [1.82, 2.24) is 0 Å². The second-order valence-electron chi connectivity index (χ2n) is 3.63. The zero-order chi connectivity index (χ0) is 13.8. The lowest BCUT2D eigenvalue weighted by Crippen LogP contribution is -1.87. The summed E-state index contributed by atoms with van der Waals surface area (Å²) in [5.41, 5.74) is 0.727. The molecule has 6 heteroatoms. The molecule has 0 aliphatic carbocycles. The Labute approximate surface area is 130 Å². The molecule has 2 aromatic carbocycles. The van der Waals surface area contributed by atoms with Gasteiger partial charge in [0, 0.05) is 32.2 Å². The monoisotopic (exact) mass is 333 g/mol. The molecule has 0 heterocycles. The molecule has 98 valence electrons. The van der Waals surface area contributed by atoms with Crippen LogP contribution in [0.1, 0.15) is 5.56 Å². The topological polar surface area (TPSA) is 21.6 Å². The van der Waals surface area contributed by atoms with Crippen molar-refractivity contribution in [3.05, 3.63) is 62.1 Å². The third-order valence-corrected chi connectivity index (χ3v) is 2.95. The van der Waals surface area contributed by atoms with E-state index < -0.39 is 0 Å². The van der Waals surface area contributed by atoms with E-state index in [2.05, 4.69) is 5.16 Å². The van der Waals surface area contributed by atoms with Crippen LogP contribution in [0.5, 0.6) is 5.75 Å². The molecule has 0 aliphatic rings. The largest absolute Gasteiger partial charge is 0.357 e. The van der Waals surface area contributed by atoms with Crippen LogP contribution in [0.3, 0.4) is 0 Å². The van der Waals surface area contributed by atoms with Crippen LogP contribution in [0.4, 0.5) is 0 Å². The Kier molecular flexibility index (Phi) is 4.94. The first-order chi connectivity index (χ1) is 9.02. The standard InChI is InChI=1S/C13H7Cl4NO/c14-9-1-8(2-10(15)3-9)7-18-19-13-5-11(16)4-12(17)6-13/h1-7H/b18-7+. The first-order valence-electron chi connectivity index (χ1n) is 5.15. The predicted molar refractivity (Wildman–Crippen MR) is 81.1 cm³/mol. The zero-order valence-electron chi connectivity index (χ0n) is 9.41. The summed E-state index contributed by atoms with van der Waals surface area (Å²) in [7, 11) is 0. The number of hydrogen-bond donors (Lipinski definition) is 0. The van der Waals surface area contributed by atoms with Gasteiger partial charge in [-0.1, -0.05) is 51.6 Å². The minimum Gasteiger partial charge on any atom is -0.357 e. The van der Waals surface area contributed by atoms with Gasteiger partial charge in [0.2, 0.25) is 0 Å². The van der Waals surface area contributed by atoms with Crippen molar-refractivity contribution in [2.45, 2.75) is 0 Å². The minimum absolute atomic E-state index is 0.446. The van der Waals surface area contributed by atoms with Gasteiger partial charge in [-0.25, -0.2) is 0 Å². The maximum Gasteiger partial charge on any atom is 0.160 e. The molecule has 2 aromatic rings. The highest BCUT2D eigenvalue weighted by atomic mass is 35.5. The second-order valence-corrected chi connectivity index (χ2v) is 5.38. The molecule has 0 amide bonds. The Hall–Kier alpha value is -0.930. The SMILES string of the molecule is Clc1cc(Cl)cc(/C=N/Oc2cc(Cl)cc(Cl)c2)c1. The third-order valence-electron chi connectivity index (χ3n) is 2.08. The van der Waals surface area contributed by atoms with Crippen molar-refractivity contribution in [1.29, 1.82) is 0 Å². The number of oxime groups is 1. The van der Waals surface area contributed by atoms with Crippen molar-refractivity contribution < 1.29 is 4.84 Å². The summed E-state index contributed by atoms with van der Waals surface area (Å²) in [4.78, 5) is 5.17. The van der Waals surface area contributed by atoms with E-state index in [0.29, 0.717) is 25.8 Å². The number of benzene rings is 2. The van der Waals surface area contributed by atoms with Crippen LogP contribution in [-0.4, -0.2) is 6.21 Å². The first-order valence-corrected chi connectivity index (χ1v) is 6.67. The summed E-state index contributed by atoms with van der Waals surface area (Å²) in [5.74, 6) is 0.446. The molecule has 0 saturated carbocycles. The highest BCUT2D eigenvalue weighted by Crippen LogP contribution is 2.24. The Morgan fingerprint density at radius 1 is 0.737 bits per heavy atom. The van der Waals surface area contributed by atoms with Crippen LogP contribution in [0.15, 0.2) is 41.6 Å². The highest BCUT2D eigenvalue weighted by Gasteiger charge is 1.99. The smallest absolute Gasteiger partial charge is 0.160 e. The van der Waals surface area contributed by atoms with Crippen LogP contribution in [0.2, 0.25) is 20.1 Å². The fraction of sp³-hybridized carbons (Fsp3) is 0. The summed E-state index contributed by atoms with van der Waals surface area (Å²) < 4.78 is 0. The van der Waals surface area contributed by atoms with E-state index >= 15 is 0 Å². The normalized spacial score (nSPS) is 10.9. The van der Waals surface area contributed by atoms with E-state index in [0.717, 1.165) is 5.56 Å². The Bertz CT molecular complexity index is 588. The van der Waals surface area contributed by atoms with Gasteiger partial charge in [-0.15, -0.1) is 0 Å². The summed E-state index contributed by atoms with van der Waals surface area (Å²) in [5, 5.41) is 5.82. The van der Waals surface area contributed by atoms with Gasteiger partial charge in [0.25, 0.3) is 0 Å². The van der Waals surface area contributed by atoms with Gasteiger partial charge >= 0.3 is 0 Å². The molecule has 0 atom stereocenters. The van der Waals surface area contributed by atoms with Gasteiger partial charge in [0.1, 0.15) is 0 Å². The van der Waals surface area contributed by atoms with E-state index in [1.165, 1.54) is 6.21 Å². The predicted octanol–water partition coefficient (Wildman–Crippen LogP) is 5.71. The lowest BCUT2D eigenvalue weighted by atomic mass is 10.2. The zero-order valence-corrected chi connectivity index (χ0v) is 12.4. The van der Waals surface area contributed by atoms with Crippen LogP contribution < -0.4 is 4.84 Å². The minimum atomic E-state index is 0.446. The van der Waals surface area contributed by atoms with Gasteiger partial charge in [-0.2, -0.15) is 0 Å². The van der Waals surface area contributed by atoms with Crippen molar-refractivity contribution in [2.24, 2.45) is 5.16 Å². The summed E-state index contributed by atoms with van der Waals surface area (Å²) in [6.45, 7) is 0. The van der Waals surface area contributed by atoms with Gasteiger partial charge in [0.15, 0.2) is 5.75 Å². The van der Waals surface area contributed by atoms with Crippen molar-refractivity contribution in [3.8, 4) is 5.75 Å². The molecular formula is C13H7Cl4NO. The number of nitrogens with zero attached hydrogens (tertiary/aromatic N) is 1. The summed E-state index contributed by atoms with van der Waals surface area (Å²) in [6, 6.07) is 9.89. The molecule has 2 rings (SSSR count).